The first-order valence-corrected chi connectivity index (χ1v) is 14.4. The summed E-state index contributed by atoms with van der Waals surface area (Å²) in [6, 6.07) is 31.6. The Morgan fingerprint density at radius 2 is 1.56 bits per heavy atom. The minimum atomic E-state index is -0.177. The highest BCUT2D eigenvalue weighted by Gasteiger charge is 2.28. The molecule has 5 aromatic rings. The number of amides is 2. The van der Waals surface area contributed by atoms with Crippen molar-refractivity contribution < 1.29 is 19.1 Å². The third-order valence-corrected chi connectivity index (χ3v) is 8.28. The Kier molecular flexibility index (Phi) is 6.70. The van der Waals surface area contributed by atoms with E-state index in [1.54, 1.807) is 0 Å². The molecule has 0 radical (unpaired) electrons. The van der Waals surface area contributed by atoms with Gasteiger partial charge in [0.15, 0.2) is 11.5 Å². The molecule has 43 heavy (non-hydrogen) atoms. The number of aromatic nitrogens is 1. The number of carbonyl (C=O) groups excluding carboxylic acids is 2. The lowest BCUT2D eigenvalue weighted by Crippen LogP contribution is -2.30. The van der Waals surface area contributed by atoms with Gasteiger partial charge in [0.2, 0.25) is 6.79 Å². The van der Waals surface area contributed by atoms with E-state index in [1.165, 1.54) is 11.1 Å². The highest BCUT2D eigenvalue weighted by atomic mass is 16.7. The van der Waals surface area contributed by atoms with E-state index in [2.05, 4.69) is 31.3 Å². The van der Waals surface area contributed by atoms with Crippen molar-refractivity contribution in [1.82, 2.24) is 9.88 Å². The van der Waals surface area contributed by atoms with Crippen LogP contribution in [0.5, 0.6) is 11.5 Å². The van der Waals surface area contributed by atoms with Crippen molar-refractivity contribution in [3.63, 3.8) is 0 Å². The van der Waals surface area contributed by atoms with E-state index >= 15 is 0 Å². The van der Waals surface area contributed by atoms with Crippen LogP contribution in [-0.4, -0.2) is 23.2 Å². The quantitative estimate of drug-likeness (QED) is 0.258. The molecule has 2 aliphatic rings. The van der Waals surface area contributed by atoms with Gasteiger partial charge in [0, 0.05) is 23.5 Å². The lowest BCUT2D eigenvalue weighted by molar-refractivity contribution is 0.0941. The molecule has 0 aliphatic carbocycles. The minimum absolute atomic E-state index is 0.0738. The molecule has 0 fully saturated rings. The van der Waals surface area contributed by atoms with Crippen LogP contribution in [0, 0.1) is 13.8 Å². The van der Waals surface area contributed by atoms with Gasteiger partial charge in [-0.15, -0.1) is 0 Å². The smallest absolute Gasteiger partial charge is 0.268 e. The second-order valence-corrected chi connectivity index (χ2v) is 11.0. The van der Waals surface area contributed by atoms with E-state index in [4.69, 9.17) is 9.47 Å². The van der Waals surface area contributed by atoms with E-state index in [-0.39, 0.29) is 18.6 Å². The summed E-state index contributed by atoms with van der Waals surface area (Å²) in [6.45, 7) is 5.55. The standard InChI is InChI=1S/C36H31N3O4/c1-23-7-3-5-9-29(23)30-14-12-26(17-24(30)2)36(41)39-21-28-13-15-32(38(28)20-27-8-4-6-10-31(27)39)35(40)37-19-25-11-16-33-34(18-25)43-22-42-33/h3-18H,19-22H2,1-2H3,(H,37,40). The summed E-state index contributed by atoms with van der Waals surface area (Å²) in [5.41, 5.74) is 9.36. The molecule has 7 nitrogen and oxygen atoms in total. The third-order valence-electron chi connectivity index (χ3n) is 8.28. The van der Waals surface area contributed by atoms with Crippen molar-refractivity contribution in [3.05, 3.63) is 136 Å². The fourth-order valence-electron chi connectivity index (χ4n) is 5.99. The number of nitrogens with one attached hydrogen (secondary N) is 1. The molecule has 0 saturated heterocycles. The van der Waals surface area contributed by atoms with Gasteiger partial charge in [-0.1, -0.05) is 54.6 Å². The number of carbonyl (C=O) groups is 2. The average Bonchev–Trinajstić information content (AvgIpc) is 3.62. The Labute approximate surface area is 250 Å². The van der Waals surface area contributed by atoms with Crippen LogP contribution in [0.4, 0.5) is 5.69 Å². The third kappa shape index (κ3) is 4.93. The van der Waals surface area contributed by atoms with Gasteiger partial charge in [0.05, 0.1) is 13.1 Å². The molecule has 7 heteroatoms. The fourth-order valence-corrected chi connectivity index (χ4v) is 5.99. The van der Waals surface area contributed by atoms with Crippen LogP contribution in [0.3, 0.4) is 0 Å². The average molecular weight is 570 g/mol. The summed E-state index contributed by atoms with van der Waals surface area (Å²) in [4.78, 5) is 29.3. The molecule has 0 atom stereocenters. The monoisotopic (exact) mass is 569 g/mol. The molecule has 7 rings (SSSR count). The number of anilines is 1. The first-order valence-electron chi connectivity index (χ1n) is 14.4. The van der Waals surface area contributed by atoms with Crippen molar-refractivity contribution in [2.75, 3.05) is 11.7 Å². The number of hydrogen-bond acceptors (Lipinski definition) is 4. The number of para-hydroxylation sites is 1. The highest BCUT2D eigenvalue weighted by Crippen LogP contribution is 2.34. The summed E-state index contributed by atoms with van der Waals surface area (Å²) in [7, 11) is 0. The van der Waals surface area contributed by atoms with Crippen molar-refractivity contribution in [3.8, 4) is 22.6 Å². The van der Waals surface area contributed by atoms with Crippen molar-refractivity contribution in [2.45, 2.75) is 33.5 Å². The molecule has 0 spiro atoms. The van der Waals surface area contributed by atoms with Gasteiger partial charge >= 0.3 is 0 Å². The van der Waals surface area contributed by atoms with Crippen LogP contribution >= 0.6 is 0 Å². The van der Waals surface area contributed by atoms with Crippen LogP contribution in [0.25, 0.3) is 11.1 Å². The van der Waals surface area contributed by atoms with Crippen LogP contribution in [0.2, 0.25) is 0 Å². The number of rotatable bonds is 5. The predicted molar refractivity (Wildman–Crippen MR) is 166 cm³/mol. The summed E-state index contributed by atoms with van der Waals surface area (Å²) in [5, 5.41) is 3.04. The molecule has 2 aliphatic heterocycles. The number of aryl methyl sites for hydroxylation is 2. The Balaban J connectivity index is 1.16. The van der Waals surface area contributed by atoms with Crippen LogP contribution in [0.1, 0.15) is 48.8 Å². The second-order valence-electron chi connectivity index (χ2n) is 11.0. The van der Waals surface area contributed by atoms with Crippen molar-refractivity contribution in [2.24, 2.45) is 0 Å². The topological polar surface area (TPSA) is 72.8 Å². The maximum atomic E-state index is 14.1. The van der Waals surface area contributed by atoms with Crippen LogP contribution in [-0.2, 0) is 19.6 Å². The molecular formula is C36H31N3O4. The van der Waals surface area contributed by atoms with Crippen LogP contribution in [0.15, 0.2) is 97.1 Å². The first kappa shape index (κ1) is 26.6. The van der Waals surface area contributed by atoms with E-state index in [9.17, 15) is 9.59 Å². The number of hydrogen-bond donors (Lipinski definition) is 1. The normalized spacial score (nSPS) is 13.2. The van der Waals surface area contributed by atoms with E-state index in [0.717, 1.165) is 33.6 Å². The molecule has 3 heterocycles. The Morgan fingerprint density at radius 1 is 0.767 bits per heavy atom. The molecule has 0 bridgehead atoms. The lowest BCUT2D eigenvalue weighted by atomic mass is 9.95. The molecule has 4 aromatic carbocycles. The van der Waals surface area contributed by atoms with Gasteiger partial charge in [-0.25, -0.2) is 0 Å². The molecular weight excluding hydrogens is 538 g/mol. The largest absolute Gasteiger partial charge is 0.454 e. The first-order chi connectivity index (χ1) is 21.0. The highest BCUT2D eigenvalue weighted by molar-refractivity contribution is 6.07. The number of nitrogens with zero attached hydrogens (tertiary/aromatic N) is 2. The summed E-state index contributed by atoms with van der Waals surface area (Å²) in [5.74, 6) is 1.14. The zero-order valence-corrected chi connectivity index (χ0v) is 24.1. The molecule has 0 saturated carbocycles. The molecule has 0 unspecified atom stereocenters. The number of benzene rings is 4. The Morgan fingerprint density at radius 3 is 2.42 bits per heavy atom. The van der Waals surface area contributed by atoms with Crippen LogP contribution < -0.4 is 19.7 Å². The minimum Gasteiger partial charge on any atom is -0.454 e. The van der Waals surface area contributed by atoms with E-state index in [1.807, 2.05) is 94.4 Å². The van der Waals surface area contributed by atoms with Gasteiger partial charge in [0.25, 0.3) is 11.8 Å². The predicted octanol–water partition coefficient (Wildman–Crippen LogP) is 6.64. The van der Waals surface area contributed by atoms with Gasteiger partial charge in [0.1, 0.15) is 5.69 Å². The number of fused-ring (bicyclic) bond motifs is 3. The maximum Gasteiger partial charge on any atom is 0.268 e. The van der Waals surface area contributed by atoms with E-state index < -0.39 is 0 Å². The SMILES string of the molecule is Cc1ccccc1-c1ccc(C(=O)N2Cc3ccc(C(=O)NCc4ccc5c(c4)OCO5)n3Cc3ccccc32)cc1C. The van der Waals surface area contributed by atoms with Gasteiger partial charge in [-0.3, -0.25) is 9.59 Å². The van der Waals surface area contributed by atoms with Crippen molar-refractivity contribution >= 4 is 17.5 Å². The molecule has 214 valence electrons. The molecule has 2 amide bonds. The molecule has 1 N–H and O–H groups in total. The zero-order chi connectivity index (χ0) is 29.5. The van der Waals surface area contributed by atoms with E-state index in [0.29, 0.717) is 42.4 Å². The maximum absolute atomic E-state index is 14.1. The van der Waals surface area contributed by atoms with Gasteiger partial charge in [-0.05, 0) is 89.7 Å². The Bertz CT molecular complexity index is 1890. The second kappa shape index (κ2) is 10.8. The fraction of sp³-hybridized carbons (Fsp3) is 0.167. The van der Waals surface area contributed by atoms with Gasteiger partial charge < -0.3 is 24.3 Å². The number of ether oxygens (including phenoxy) is 2. The zero-order valence-electron chi connectivity index (χ0n) is 24.1. The summed E-state index contributed by atoms with van der Waals surface area (Å²) in [6.07, 6.45) is 0. The molecule has 1 aromatic heterocycles. The van der Waals surface area contributed by atoms with Gasteiger partial charge in [-0.2, -0.15) is 0 Å². The summed E-state index contributed by atoms with van der Waals surface area (Å²) < 4.78 is 12.9. The summed E-state index contributed by atoms with van der Waals surface area (Å²) >= 11 is 0. The lowest BCUT2D eigenvalue weighted by Gasteiger charge is -2.23. The Hall–Kier alpha value is -5.30. The van der Waals surface area contributed by atoms with Crippen molar-refractivity contribution in [1.29, 1.82) is 0 Å².